The van der Waals surface area contributed by atoms with Gasteiger partial charge in [0.15, 0.2) is 0 Å². The number of piperidine rings is 1. The smallest absolute Gasteiger partial charge is 0.270 e. The van der Waals surface area contributed by atoms with Crippen LogP contribution in [0.2, 0.25) is 0 Å². The van der Waals surface area contributed by atoms with Crippen molar-refractivity contribution < 1.29 is 4.79 Å². The maximum absolute atomic E-state index is 12.2. The number of likely N-dealkylation sites (tertiary alicyclic amines) is 1. The van der Waals surface area contributed by atoms with Gasteiger partial charge in [-0.1, -0.05) is 6.92 Å². The molecule has 1 aliphatic rings. The van der Waals surface area contributed by atoms with Crippen molar-refractivity contribution in [3.8, 4) is 0 Å². The number of rotatable bonds is 2. The number of nitrogens with zero attached hydrogens (tertiary/aromatic N) is 1. The average Bonchev–Trinajstić information content (AvgIpc) is 2.75. The molecule has 2 rings (SSSR count). The van der Waals surface area contributed by atoms with Crippen molar-refractivity contribution in [2.75, 3.05) is 12.3 Å². The molecule has 1 aromatic heterocycles. The Kier molecular flexibility index (Phi) is 3.17. The number of H-pyrrole nitrogens is 1. The minimum Gasteiger partial charge on any atom is -0.397 e. The fourth-order valence-electron chi connectivity index (χ4n) is 2.38. The van der Waals surface area contributed by atoms with E-state index < -0.39 is 0 Å². The standard InChI is InChI=1S/C12H19N3O/c1-2-10-5-3-4-6-15(10)12(16)11-7-9(13)8-14-11/h7-8,10,14H,2-6,13H2,1H3. The van der Waals surface area contributed by atoms with Gasteiger partial charge in [0.25, 0.3) is 5.91 Å². The van der Waals surface area contributed by atoms with E-state index in [1.807, 2.05) is 4.90 Å². The summed E-state index contributed by atoms with van der Waals surface area (Å²) in [4.78, 5) is 17.1. The zero-order valence-corrected chi connectivity index (χ0v) is 9.70. The Morgan fingerprint density at radius 2 is 2.44 bits per heavy atom. The average molecular weight is 221 g/mol. The molecule has 3 N–H and O–H groups in total. The quantitative estimate of drug-likeness (QED) is 0.802. The summed E-state index contributed by atoms with van der Waals surface area (Å²) < 4.78 is 0. The molecule has 1 fully saturated rings. The lowest BCUT2D eigenvalue weighted by atomic mass is 9.99. The van der Waals surface area contributed by atoms with Crippen molar-refractivity contribution in [1.82, 2.24) is 9.88 Å². The molecule has 0 spiro atoms. The molecule has 16 heavy (non-hydrogen) atoms. The maximum atomic E-state index is 12.2. The van der Waals surface area contributed by atoms with Gasteiger partial charge in [0.05, 0.1) is 0 Å². The fraction of sp³-hybridized carbons (Fsp3) is 0.583. The van der Waals surface area contributed by atoms with Gasteiger partial charge in [-0.25, -0.2) is 0 Å². The lowest BCUT2D eigenvalue weighted by Gasteiger charge is -2.34. The van der Waals surface area contributed by atoms with E-state index in [0.29, 0.717) is 17.4 Å². The first-order chi connectivity index (χ1) is 7.72. The molecule has 1 atom stereocenters. The molecule has 1 amide bonds. The van der Waals surface area contributed by atoms with Gasteiger partial charge in [0, 0.05) is 24.5 Å². The predicted molar refractivity (Wildman–Crippen MR) is 64.2 cm³/mol. The molecule has 2 heterocycles. The zero-order valence-electron chi connectivity index (χ0n) is 9.70. The molecular weight excluding hydrogens is 202 g/mol. The summed E-state index contributed by atoms with van der Waals surface area (Å²) in [7, 11) is 0. The molecule has 0 aliphatic carbocycles. The van der Waals surface area contributed by atoms with Crippen molar-refractivity contribution in [2.45, 2.75) is 38.6 Å². The van der Waals surface area contributed by atoms with Crippen LogP contribution in [0.3, 0.4) is 0 Å². The molecule has 0 radical (unpaired) electrons. The van der Waals surface area contributed by atoms with Gasteiger partial charge in [0.2, 0.25) is 0 Å². The lowest BCUT2D eigenvalue weighted by molar-refractivity contribution is 0.0602. The molecule has 0 saturated carbocycles. The van der Waals surface area contributed by atoms with E-state index in [1.165, 1.54) is 6.42 Å². The third kappa shape index (κ3) is 2.05. The number of nitrogen functional groups attached to an aromatic ring is 1. The van der Waals surface area contributed by atoms with Crippen molar-refractivity contribution >= 4 is 11.6 Å². The molecular formula is C12H19N3O. The minimum absolute atomic E-state index is 0.0863. The summed E-state index contributed by atoms with van der Waals surface area (Å²) in [5.41, 5.74) is 6.84. The SMILES string of the molecule is CCC1CCCCN1C(=O)c1cc(N)c[nH]1. The van der Waals surface area contributed by atoms with Gasteiger partial charge in [-0.15, -0.1) is 0 Å². The number of aromatic amines is 1. The van der Waals surface area contributed by atoms with Crippen molar-refractivity contribution in [3.63, 3.8) is 0 Å². The highest BCUT2D eigenvalue weighted by Crippen LogP contribution is 2.21. The van der Waals surface area contributed by atoms with Crippen LogP contribution in [0.1, 0.15) is 43.1 Å². The topological polar surface area (TPSA) is 62.1 Å². The Morgan fingerprint density at radius 1 is 1.62 bits per heavy atom. The van der Waals surface area contributed by atoms with Crippen LogP contribution in [-0.2, 0) is 0 Å². The highest BCUT2D eigenvalue weighted by molar-refractivity contribution is 5.93. The first kappa shape index (κ1) is 11.0. The number of aromatic nitrogens is 1. The van der Waals surface area contributed by atoms with Crippen LogP contribution in [0.25, 0.3) is 0 Å². The van der Waals surface area contributed by atoms with Crippen LogP contribution >= 0.6 is 0 Å². The Bertz CT molecular complexity index is 372. The number of anilines is 1. The van der Waals surface area contributed by atoms with Gasteiger partial charge in [-0.3, -0.25) is 4.79 Å². The van der Waals surface area contributed by atoms with Crippen LogP contribution in [-0.4, -0.2) is 28.4 Å². The second-order valence-electron chi connectivity index (χ2n) is 4.40. The third-order valence-corrected chi connectivity index (χ3v) is 3.29. The molecule has 0 bridgehead atoms. The van der Waals surface area contributed by atoms with E-state index in [9.17, 15) is 4.79 Å². The third-order valence-electron chi connectivity index (χ3n) is 3.29. The molecule has 1 saturated heterocycles. The summed E-state index contributed by atoms with van der Waals surface area (Å²) in [5, 5.41) is 0. The van der Waals surface area contributed by atoms with E-state index in [1.54, 1.807) is 12.3 Å². The van der Waals surface area contributed by atoms with E-state index in [4.69, 9.17) is 5.73 Å². The monoisotopic (exact) mass is 221 g/mol. The summed E-state index contributed by atoms with van der Waals surface area (Å²) in [6.45, 7) is 3.01. The Morgan fingerprint density at radius 3 is 3.06 bits per heavy atom. The largest absolute Gasteiger partial charge is 0.397 e. The number of nitrogens with two attached hydrogens (primary N) is 1. The molecule has 1 unspecified atom stereocenters. The van der Waals surface area contributed by atoms with E-state index in [-0.39, 0.29) is 5.91 Å². The maximum Gasteiger partial charge on any atom is 0.270 e. The molecule has 1 aromatic rings. The predicted octanol–water partition coefficient (Wildman–Crippen LogP) is 2.00. The van der Waals surface area contributed by atoms with Crippen LogP contribution in [0.5, 0.6) is 0 Å². The van der Waals surface area contributed by atoms with Crippen LogP contribution < -0.4 is 5.73 Å². The summed E-state index contributed by atoms with van der Waals surface area (Å²) >= 11 is 0. The van der Waals surface area contributed by atoms with Crippen molar-refractivity contribution in [3.05, 3.63) is 18.0 Å². The summed E-state index contributed by atoms with van der Waals surface area (Å²) in [6.07, 6.45) is 6.16. The number of hydrogen-bond acceptors (Lipinski definition) is 2. The number of nitrogens with one attached hydrogen (secondary N) is 1. The lowest BCUT2D eigenvalue weighted by Crippen LogP contribution is -2.43. The second-order valence-corrected chi connectivity index (χ2v) is 4.40. The fourth-order valence-corrected chi connectivity index (χ4v) is 2.38. The molecule has 4 heteroatoms. The van der Waals surface area contributed by atoms with Crippen molar-refractivity contribution in [2.24, 2.45) is 0 Å². The number of carbonyl (C=O) groups excluding carboxylic acids is 1. The van der Waals surface area contributed by atoms with Gasteiger partial charge in [-0.2, -0.15) is 0 Å². The van der Waals surface area contributed by atoms with Crippen LogP contribution in [0.4, 0.5) is 5.69 Å². The highest BCUT2D eigenvalue weighted by Gasteiger charge is 2.26. The second kappa shape index (κ2) is 4.60. The first-order valence-electron chi connectivity index (χ1n) is 5.97. The van der Waals surface area contributed by atoms with Gasteiger partial charge in [-0.05, 0) is 31.7 Å². The Balaban J connectivity index is 2.13. The normalized spacial score (nSPS) is 21.1. The minimum atomic E-state index is 0.0863. The molecule has 88 valence electrons. The van der Waals surface area contributed by atoms with Crippen LogP contribution in [0, 0.1) is 0 Å². The number of hydrogen-bond donors (Lipinski definition) is 2. The number of carbonyl (C=O) groups is 1. The molecule has 0 aromatic carbocycles. The highest BCUT2D eigenvalue weighted by atomic mass is 16.2. The first-order valence-corrected chi connectivity index (χ1v) is 5.97. The Labute approximate surface area is 95.8 Å². The Hall–Kier alpha value is -1.45. The molecule has 1 aliphatic heterocycles. The number of amides is 1. The van der Waals surface area contributed by atoms with Gasteiger partial charge < -0.3 is 15.6 Å². The van der Waals surface area contributed by atoms with E-state index in [2.05, 4.69) is 11.9 Å². The zero-order chi connectivity index (χ0) is 11.5. The summed E-state index contributed by atoms with van der Waals surface area (Å²) in [5.74, 6) is 0.0863. The van der Waals surface area contributed by atoms with E-state index >= 15 is 0 Å². The van der Waals surface area contributed by atoms with E-state index in [0.717, 1.165) is 25.8 Å². The van der Waals surface area contributed by atoms with Crippen LogP contribution in [0.15, 0.2) is 12.3 Å². The summed E-state index contributed by atoms with van der Waals surface area (Å²) in [6, 6.07) is 2.11. The van der Waals surface area contributed by atoms with Gasteiger partial charge in [0.1, 0.15) is 5.69 Å². The molecule has 4 nitrogen and oxygen atoms in total. The van der Waals surface area contributed by atoms with Crippen molar-refractivity contribution in [1.29, 1.82) is 0 Å². The van der Waals surface area contributed by atoms with Gasteiger partial charge >= 0.3 is 0 Å².